The fourth-order valence-corrected chi connectivity index (χ4v) is 3.96. The summed E-state index contributed by atoms with van der Waals surface area (Å²) in [5.74, 6) is 0.621. The molecule has 2 aromatic carbocycles. The number of aromatic hydroxyl groups is 2. The summed E-state index contributed by atoms with van der Waals surface area (Å²) < 4.78 is 0. The minimum absolute atomic E-state index is 0.0274. The molecule has 1 aliphatic rings. The second-order valence-corrected chi connectivity index (χ2v) is 7.44. The second-order valence-electron chi connectivity index (χ2n) is 7.44. The molecule has 1 aliphatic carbocycles. The fourth-order valence-electron chi connectivity index (χ4n) is 3.96. The second kappa shape index (κ2) is 10.3. The van der Waals surface area contributed by atoms with Crippen molar-refractivity contribution in [3.63, 3.8) is 0 Å². The van der Waals surface area contributed by atoms with Gasteiger partial charge in [-0.2, -0.15) is 0 Å². The number of unbranched alkanes of at least 4 members (excludes halogenated alkanes) is 3. The Morgan fingerprint density at radius 1 is 0.654 bits per heavy atom. The number of phenols is 2. The van der Waals surface area contributed by atoms with E-state index in [-0.39, 0.29) is 5.41 Å². The highest BCUT2D eigenvalue weighted by Crippen LogP contribution is 2.45. The van der Waals surface area contributed by atoms with E-state index >= 15 is 0 Å². The maximum absolute atomic E-state index is 9.51. The van der Waals surface area contributed by atoms with Gasteiger partial charge >= 0.3 is 0 Å². The molecule has 142 valence electrons. The van der Waals surface area contributed by atoms with Gasteiger partial charge in [0.25, 0.3) is 0 Å². The summed E-state index contributed by atoms with van der Waals surface area (Å²) in [5.41, 5.74) is 2.56. The molecular formula is C24H34O2. The van der Waals surface area contributed by atoms with Crippen LogP contribution >= 0.6 is 0 Å². The van der Waals surface area contributed by atoms with Crippen molar-refractivity contribution in [1.29, 1.82) is 0 Å². The molecule has 0 amide bonds. The summed E-state index contributed by atoms with van der Waals surface area (Å²) >= 11 is 0. The van der Waals surface area contributed by atoms with E-state index in [2.05, 4.69) is 13.8 Å². The average molecular weight is 355 g/mol. The van der Waals surface area contributed by atoms with Gasteiger partial charge in [0.1, 0.15) is 11.5 Å². The largest absolute Gasteiger partial charge is 0.508 e. The van der Waals surface area contributed by atoms with Gasteiger partial charge in [0.05, 0.1) is 0 Å². The first-order valence-electron chi connectivity index (χ1n) is 10.2. The zero-order valence-electron chi connectivity index (χ0n) is 16.4. The van der Waals surface area contributed by atoms with Crippen LogP contribution < -0.4 is 0 Å². The molecule has 0 radical (unpaired) electrons. The quantitative estimate of drug-likeness (QED) is 0.571. The topological polar surface area (TPSA) is 40.5 Å². The van der Waals surface area contributed by atoms with Crippen molar-refractivity contribution in [3.05, 3.63) is 59.7 Å². The summed E-state index contributed by atoms with van der Waals surface area (Å²) in [6.07, 6.45) is 11.5. The Kier molecular flexibility index (Phi) is 8.03. The number of rotatable bonds is 5. The third-order valence-corrected chi connectivity index (χ3v) is 5.50. The van der Waals surface area contributed by atoms with Gasteiger partial charge in [-0.3, -0.25) is 0 Å². The monoisotopic (exact) mass is 354 g/mol. The molecule has 0 spiro atoms. The van der Waals surface area contributed by atoms with Gasteiger partial charge < -0.3 is 10.2 Å². The van der Waals surface area contributed by atoms with E-state index in [0.29, 0.717) is 11.5 Å². The minimum atomic E-state index is 0.0274. The smallest absolute Gasteiger partial charge is 0.115 e. The summed E-state index contributed by atoms with van der Waals surface area (Å²) in [6.45, 7) is 4.46. The predicted molar refractivity (Wildman–Crippen MR) is 110 cm³/mol. The van der Waals surface area contributed by atoms with E-state index < -0.39 is 0 Å². The zero-order chi connectivity index (χ0) is 18.8. The molecule has 2 aromatic rings. The Hall–Kier alpha value is -1.96. The summed E-state index contributed by atoms with van der Waals surface area (Å²) in [6, 6.07) is 15.2. The van der Waals surface area contributed by atoms with Crippen molar-refractivity contribution < 1.29 is 10.2 Å². The molecule has 1 fully saturated rings. The van der Waals surface area contributed by atoms with Gasteiger partial charge in [-0.05, 0) is 48.2 Å². The molecule has 0 bridgehead atoms. The highest BCUT2D eigenvalue weighted by atomic mass is 16.3. The lowest BCUT2D eigenvalue weighted by molar-refractivity contribution is 0.345. The zero-order valence-corrected chi connectivity index (χ0v) is 16.4. The van der Waals surface area contributed by atoms with E-state index in [9.17, 15) is 10.2 Å². The van der Waals surface area contributed by atoms with Gasteiger partial charge in [-0.15, -0.1) is 0 Å². The van der Waals surface area contributed by atoms with Crippen LogP contribution in [0.5, 0.6) is 11.5 Å². The molecule has 26 heavy (non-hydrogen) atoms. The molecule has 2 heteroatoms. The van der Waals surface area contributed by atoms with E-state index in [1.54, 1.807) is 24.3 Å². The molecule has 1 saturated carbocycles. The molecule has 0 saturated heterocycles. The standard InChI is InChI=1S/C18H20O2.C6H14/c19-16-8-4-14(5-9-16)18(12-2-1-3-13-18)15-6-10-17(20)11-7-15;1-3-5-6-4-2/h4-11,19-20H,1-3,12-13H2;3-6H2,1-2H3. The van der Waals surface area contributed by atoms with Crippen LogP contribution in [0.1, 0.15) is 82.8 Å². The van der Waals surface area contributed by atoms with E-state index in [1.165, 1.54) is 56.1 Å². The Labute approximate surface area is 158 Å². The summed E-state index contributed by atoms with van der Waals surface area (Å²) in [5, 5.41) is 19.0. The predicted octanol–water partition coefficient (Wildman–Crippen LogP) is 6.93. The first-order chi connectivity index (χ1) is 12.6. The third kappa shape index (κ3) is 5.27. The van der Waals surface area contributed by atoms with Gasteiger partial charge in [0.15, 0.2) is 0 Å². The van der Waals surface area contributed by atoms with Crippen LogP contribution in [-0.4, -0.2) is 10.2 Å². The lowest BCUT2D eigenvalue weighted by Crippen LogP contribution is -2.30. The van der Waals surface area contributed by atoms with Crippen molar-refractivity contribution in [2.45, 2.75) is 77.0 Å². The van der Waals surface area contributed by atoms with Crippen molar-refractivity contribution in [3.8, 4) is 11.5 Å². The Bertz CT molecular complexity index is 571. The van der Waals surface area contributed by atoms with E-state index in [1.807, 2.05) is 24.3 Å². The van der Waals surface area contributed by atoms with Crippen LogP contribution in [0.3, 0.4) is 0 Å². The van der Waals surface area contributed by atoms with Crippen LogP contribution in [0, 0.1) is 0 Å². The summed E-state index contributed by atoms with van der Waals surface area (Å²) in [7, 11) is 0. The van der Waals surface area contributed by atoms with Crippen LogP contribution in [0.2, 0.25) is 0 Å². The SMILES string of the molecule is CCCCCC.Oc1ccc(C2(c3ccc(O)cc3)CCCCC2)cc1. The van der Waals surface area contributed by atoms with Crippen molar-refractivity contribution in [2.24, 2.45) is 0 Å². The number of phenolic OH excluding ortho intramolecular Hbond substituents is 2. The summed E-state index contributed by atoms with van der Waals surface area (Å²) in [4.78, 5) is 0. The molecule has 3 rings (SSSR count). The van der Waals surface area contributed by atoms with Gasteiger partial charge in [-0.1, -0.05) is 83.1 Å². The number of hydrogen-bond acceptors (Lipinski definition) is 2. The van der Waals surface area contributed by atoms with Crippen molar-refractivity contribution in [2.75, 3.05) is 0 Å². The van der Waals surface area contributed by atoms with E-state index in [0.717, 1.165) is 12.8 Å². The first kappa shape index (κ1) is 20.4. The van der Waals surface area contributed by atoms with Crippen LogP contribution in [-0.2, 0) is 5.41 Å². The lowest BCUT2D eigenvalue weighted by atomic mass is 9.65. The Morgan fingerprint density at radius 2 is 1.04 bits per heavy atom. The highest BCUT2D eigenvalue weighted by Gasteiger charge is 2.35. The van der Waals surface area contributed by atoms with Crippen LogP contribution in [0.4, 0.5) is 0 Å². The molecule has 0 aromatic heterocycles. The normalized spacial score (nSPS) is 15.8. The molecule has 2 nitrogen and oxygen atoms in total. The average Bonchev–Trinajstić information content (AvgIpc) is 2.68. The highest BCUT2D eigenvalue weighted by molar-refractivity contribution is 5.43. The molecule has 0 heterocycles. The Balaban J connectivity index is 0.000000352. The maximum Gasteiger partial charge on any atom is 0.115 e. The van der Waals surface area contributed by atoms with Crippen LogP contribution in [0.25, 0.3) is 0 Å². The molecule has 0 atom stereocenters. The molecular weight excluding hydrogens is 320 g/mol. The Morgan fingerprint density at radius 3 is 1.38 bits per heavy atom. The first-order valence-corrected chi connectivity index (χ1v) is 10.2. The lowest BCUT2D eigenvalue weighted by Gasteiger charge is -2.38. The molecule has 0 aliphatic heterocycles. The van der Waals surface area contributed by atoms with Crippen molar-refractivity contribution >= 4 is 0 Å². The maximum atomic E-state index is 9.51. The fraction of sp³-hybridized carbons (Fsp3) is 0.500. The molecule has 0 unspecified atom stereocenters. The van der Waals surface area contributed by atoms with Crippen LogP contribution in [0.15, 0.2) is 48.5 Å². The number of hydrogen-bond donors (Lipinski definition) is 2. The third-order valence-electron chi connectivity index (χ3n) is 5.50. The van der Waals surface area contributed by atoms with Gasteiger partial charge in [0, 0.05) is 5.41 Å². The van der Waals surface area contributed by atoms with Gasteiger partial charge in [-0.25, -0.2) is 0 Å². The van der Waals surface area contributed by atoms with E-state index in [4.69, 9.17) is 0 Å². The minimum Gasteiger partial charge on any atom is -0.508 e. The molecule has 2 N–H and O–H groups in total. The van der Waals surface area contributed by atoms with Crippen molar-refractivity contribution in [1.82, 2.24) is 0 Å². The number of benzene rings is 2. The van der Waals surface area contributed by atoms with Gasteiger partial charge in [0.2, 0.25) is 0 Å².